The van der Waals surface area contributed by atoms with Crippen molar-refractivity contribution in [2.75, 3.05) is 20.3 Å². The summed E-state index contributed by atoms with van der Waals surface area (Å²) < 4.78 is 5.00. The third kappa shape index (κ3) is 4.94. The minimum atomic E-state index is 0.445. The summed E-state index contributed by atoms with van der Waals surface area (Å²) in [6.07, 6.45) is 7.33. The molecule has 1 fully saturated rings. The predicted octanol–water partition coefficient (Wildman–Crippen LogP) is 1.27. The van der Waals surface area contributed by atoms with Crippen LogP contribution >= 0.6 is 0 Å². The van der Waals surface area contributed by atoms with Crippen LogP contribution in [-0.4, -0.2) is 32.3 Å². The van der Waals surface area contributed by atoms with Crippen LogP contribution in [0.15, 0.2) is 0 Å². The lowest BCUT2D eigenvalue weighted by atomic mass is 10.2. The molecule has 3 heteroatoms. The summed E-state index contributed by atoms with van der Waals surface area (Å²) in [5, 5.41) is 3.57. The van der Waals surface area contributed by atoms with Gasteiger partial charge in [-0.3, -0.25) is 0 Å². The van der Waals surface area contributed by atoms with Crippen molar-refractivity contribution in [1.82, 2.24) is 5.32 Å². The molecule has 84 valence electrons. The first-order chi connectivity index (χ1) is 6.83. The Balaban J connectivity index is 1.84. The summed E-state index contributed by atoms with van der Waals surface area (Å²) in [7, 11) is 1.76. The van der Waals surface area contributed by atoms with E-state index < -0.39 is 0 Å². The van der Waals surface area contributed by atoms with Gasteiger partial charge >= 0.3 is 0 Å². The van der Waals surface area contributed by atoms with Crippen LogP contribution in [0.25, 0.3) is 0 Å². The van der Waals surface area contributed by atoms with E-state index in [1.165, 1.54) is 32.1 Å². The van der Waals surface area contributed by atoms with E-state index in [0.717, 1.165) is 19.6 Å². The Hall–Kier alpha value is -0.120. The van der Waals surface area contributed by atoms with E-state index in [-0.39, 0.29) is 0 Å². The highest BCUT2D eigenvalue weighted by Crippen LogP contribution is 2.16. The largest absolute Gasteiger partial charge is 0.385 e. The molecule has 0 saturated heterocycles. The van der Waals surface area contributed by atoms with Crippen LogP contribution in [-0.2, 0) is 4.74 Å². The number of rotatable bonds is 7. The van der Waals surface area contributed by atoms with Crippen LogP contribution in [0.4, 0.5) is 0 Å². The summed E-state index contributed by atoms with van der Waals surface area (Å²) in [6.45, 7) is 2.04. The standard InChI is InChI=1S/C11H24N2O/c1-14-8-4-2-3-7-13-11-6-5-10(12)9-11/h10-11,13H,2-9,12H2,1H3. The molecule has 0 aromatic heterocycles. The van der Waals surface area contributed by atoms with E-state index in [9.17, 15) is 0 Å². The van der Waals surface area contributed by atoms with E-state index in [1.807, 2.05) is 0 Å². The molecule has 1 aliphatic rings. The Labute approximate surface area is 87.4 Å². The van der Waals surface area contributed by atoms with Crippen molar-refractivity contribution in [1.29, 1.82) is 0 Å². The molecule has 3 N–H and O–H groups in total. The first-order valence-corrected chi connectivity index (χ1v) is 5.81. The fourth-order valence-corrected chi connectivity index (χ4v) is 2.06. The molecular formula is C11H24N2O. The van der Waals surface area contributed by atoms with Crippen molar-refractivity contribution in [3.05, 3.63) is 0 Å². The Bertz CT molecular complexity index is 141. The number of nitrogens with two attached hydrogens (primary N) is 1. The van der Waals surface area contributed by atoms with Gasteiger partial charge in [0.2, 0.25) is 0 Å². The SMILES string of the molecule is COCCCCCNC1CCC(N)C1. The Morgan fingerprint density at radius 3 is 2.79 bits per heavy atom. The van der Waals surface area contributed by atoms with Crippen molar-refractivity contribution in [3.8, 4) is 0 Å². The highest BCUT2D eigenvalue weighted by Gasteiger charge is 2.20. The molecule has 0 bridgehead atoms. The maximum Gasteiger partial charge on any atom is 0.0462 e. The van der Waals surface area contributed by atoms with Gasteiger partial charge in [0.05, 0.1) is 0 Å². The normalized spacial score (nSPS) is 27.0. The molecule has 2 unspecified atom stereocenters. The number of methoxy groups -OCH3 is 1. The maximum absolute atomic E-state index is 5.84. The molecule has 3 nitrogen and oxygen atoms in total. The van der Waals surface area contributed by atoms with E-state index in [0.29, 0.717) is 12.1 Å². The monoisotopic (exact) mass is 200 g/mol. The third-order valence-corrected chi connectivity index (χ3v) is 2.93. The zero-order valence-corrected chi connectivity index (χ0v) is 9.30. The van der Waals surface area contributed by atoms with E-state index >= 15 is 0 Å². The van der Waals surface area contributed by atoms with E-state index in [4.69, 9.17) is 10.5 Å². The average molecular weight is 200 g/mol. The molecule has 0 spiro atoms. The minimum Gasteiger partial charge on any atom is -0.385 e. The van der Waals surface area contributed by atoms with Gasteiger partial charge < -0.3 is 15.8 Å². The molecule has 0 heterocycles. The number of nitrogens with one attached hydrogen (secondary N) is 1. The minimum absolute atomic E-state index is 0.445. The highest BCUT2D eigenvalue weighted by atomic mass is 16.5. The number of hydrogen-bond acceptors (Lipinski definition) is 3. The highest BCUT2D eigenvalue weighted by molar-refractivity contribution is 4.82. The van der Waals surface area contributed by atoms with Gasteiger partial charge in [0.1, 0.15) is 0 Å². The maximum atomic E-state index is 5.84. The summed E-state index contributed by atoms with van der Waals surface area (Å²) in [5.41, 5.74) is 5.84. The summed E-state index contributed by atoms with van der Waals surface area (Å²) in [4.78, 5) is 0. The Morgan fingerprint density at radius 2 is 2.14 bits per heavy atom. The van der Waals surface area contributed by atoms with Gasteiger partial charge in [0, 0.05) is 25.8 Å². The fourth-order valence-electron chi connectivity index (χ4n) is 2.06. The average Bonchev–Trinajstić information content (AvgIpc) is 2.58. The second kappa shape index (κ2) is 7.21. The number of hydrogen-bond donors (Lipinski definition) is 2. The number of unbranched alkanes of at least 4 members (excludes halogenated alkanes) is 2. The van der Waals surface area contributed by atoms with Crippen LogP contribution in [0.2, 0.25) is 0 Å². The quantitative estimate of drug-likeness (QED) is 0.608. The molecule has 0 radical (unpaired) electrons. The van der Waals surface area contributed by atoms with E-state index in [1.54, 1.807) is 7.11 Å². The molecule has 1 aliphatic carbocycles. The molecular weight excluding hydrogens is 176 g/mol. The van der Waals surface area contributed by atoms with Gasteiger partial charge in [-0.25, -0.2) is 0 Å². The molecule has 2 atom stereocenters. The van der Waals surface area contributed by atoms with Gasteiger partial charge in [-0.1, -0.05) is 0 Å². The Kier molecular flexibility index (Phi) is 6.15. The molecule has 0 amide bonds. The van der Waals surface area contributed by atoms with Gasteiger partial charge in [0.25, 0.3) is 0 Å². The van der Waals surface area contributed by atoms with E-state index in [2.05, 4.69) is 5.32 Å². The topological polar surface area (TPSA) is 47.3 Å². The van der Waals surface area contributed by atoms with Crippen molar-refractivity contribution in [3.63, 3.8) is 0 Å². The van der Waals surface area contributed by atoms with Crippen molar-refractivity contribution in [2.24, 2.45) is 5.73 Å². The molecule has 0 aromatic carbocycles. The fraction of sp³-hybridized carbons (Fsp3) is 1.00. The first-order valence-electron chi connectivity index (χ1n) is 5.81. The van der Waals surface area contributed by atoms with Crippen molar-refractivity contribution >= 4 is 0 Å². The zero-order chi connectivity index (χ0) is 10.2. The Morgan fingerprint density at radius 1 is 1.29 bits per heavy atom. The predicted molar refractivity (Wildman–Crippen MR) is 59.3 cm³/mol. The smallest absolute Gasteiger partial charge is 0.0462 e. The third-order valence-electron chi connectivity index (χ3n) is 2.93. The van der Waals surface area contributed by atoms with Gasteiger partial charge in [-0.05, 0) is 45.1 Å². The lowest BCUT2D eigenvalue weighted by Gasteiger charge is -2.11. The number of ether oxygens (including phenoxy) is 1. The molecule has 1 rings (SSSR count). The second-order valence-corrected chi connectivity index (χ2v) is 4.28. The lowest BCUT2D eigenvalue weighted by Crippen LogP contribution is -2.29. The van der Waals surface area contributed by atoms with Crippen LogP contribution < -0.4 is 11.1 Å². The summed E-state index contributed by atoms with van der Waals surface area (Å²) in [6, 6.07) is 1.13. The van der Waals surface area contributed by atoms with Gasteiger partial charge in [-0.15, -0.1) is 0 Å². The van der Waals surface area contributed by atoms with Crippen molar-refractivity contribution < 1.29 is 4.74 Å². The van der Waals surface area contributed by atoms with Crippen LogP contribution in [0.1, 0.15) is 38.5 Å². The van der Waals surface area contributed by atoms with Crippen LogP contribution in [0.3, 0.4) is 0 Å². The van der Waals surface area contributed by atoms with Gasteiger partial charge in [-0.2, -0.15) is 0 Å². The summed E-state index contributed by atoms with van der Waals surface area (Å²) in [5.74, 6) is 0. The molecule has 0 aromatic rings. The molecule has 1 saturated carbocycles. The zero-order valence-electron chi connectivity index (χ0n) is 9.30. The summed E-state index contributed by atoms with van der Waals surface area (Å²) >= 11 is 0. The second-order valence-electron chi connectivity index (χ2n) is 4.28. The van der Waals surface area contributed by atoms with Crippen molar-refractivity contribution in [2.45, 2.75) is 50.6 Å². The molecule has 14 heavy (non-hydrogen) atoms. The van der Waals surface area contributed by atoms with Crippen LogP contribution in [0, 0.1) is 0 Å². The van der Waals surface area contributed by atoms with Crippen LogP contribution in [0.5, 0.6) is 0 Å². The first kappa shape index (κ1) is 12.0. The molecule has 0 aliphatic heterocycles. The lowest BCUT2D eigenvalue weighted by molar-refractivity contribution is 0.192. The van der Waals surface area contributed by atoms with Gasteiger partial charge in [0.15, 0.2) is 0 Å².